The van der Waals surface area contributed by atoms with E-state index in [1.807, 2.05) is 0 Å². The van der Waals surface area contributed by atoms with E-state index in [0.29, 0.717) is 5.56 Å². The van der Waals surface area contributed by atoms with Gasteiger partial charge < -0.3 is 48.7 Å². The number of fused-ring (bicyclic) bond motifs is 5. The summed E-state index contributed by atoms with van der Waals surface area (Å²) in [6.45, 7) is 9.23. The Labute approximate surface area is 387 Å². The minimum atomic E-state index is -2.45. The number of carbonyl (C=O) groups is 7. The van der Waals surface area contributed by atoms with Gasteiger partial charge in [0, 0.05) is 37.7 Å². The van der Waals surface area contributed by atoms with Gasteiger partial charge in [0.25, 0.3) is 5.91 Å². The number of hydrogen-bond donors (Lipinski definition) is 3. The molecule has 1 aliphatic heterocycles. The summed E-state index contributed by atoms with van der Waals surface area (Å²) in [6.07, 6.45) is -12.0. The molecule has 17 heteroatoms. The van der Waals surface area contributed by atoms with Crippen LogP contribution in [0, 0.1) is 16.7 Å². The van der Waals surface area contributed by atoms with E-state index in [4.69, 9.17) is 33.2 Å². The van der Waals surface area contributed by atoms with E-state index >= 15 is 4.79 Å². The average Bonchev–Trinajstić information content (AvgIpc) is 3.29. The third-order valence-electron chi connectivity index (χ3n) is 13.9. The van der Waals surface area contributed by atoms with Gasteiger partial charge in [0.2, 0.25) is 6.10 Å². The van der Waals surface area contributed by atoms with E-state index in [1.54, 1.807) is 92.7 Å². The van der Waals surface area contributed by atoms with Gasteiger partial charge in [-0.1, -0.05) is 80.6 Å². The number of rotatable bonds is 12. The number of aliphatic hydroxyl groups excluding tert-OH is 1. The van der Waals surface area contributed by atoms with Crippen molar-refractivity contribution >= 4 is 41.7 Å². The summed E-state index contributed by atoms with van der Waals surface area (Å²) >= 11 is 0. The van der Waals surface area contributed by atoms with Crippen molar-refractivity contribution in [2.24, 2.45) is 16.7 Å². The second kappa shape index (κ2) is 18.7. The lowest BCUT2D eigenvalue weighted by Crippen LogP contribution is -2.82. The Morgan fingerprint density at radius 1 is 0.836 bits per heavy atom. The number of esters is 4. The molecule has 3 aliphatic carbocycles. The van der Waals surface area contributed by atoms with Gasteiger partial charge in [-0.05, 0) is 61.7 Å². The number of ether oxygens (including phenoxy) is 7. The first-order chi connectivity index (χ1) is 31.7. The van der Waals surface area contributed by atoms with Crippen molar-refractivity contribution in [1.82, 2.24) is 5.32 Å². The van der Waals surface area contributed by atoms with Crippen molar-refractivity contribution in [2.75, 3.05) is 13.2 Å². The summed E-state index contributed by atoms with van der Waals surface area (Å²) in [6, 6.07) is 22.6. The lowest BCUT2D eigenvalue weighted by atomic mass is 9.44. The van der Waals surface area contributed by atoms with Crippen molar-refractivity contribution in [1.29, 1.82) is 0 Å². The molecule has 11 atom stereocenters. The summed E-state index contributed by atoms with van der Waals surface area (Å²) in [5, 5.41) is 28.8. The highest BCUT2D eigenvalue weighted by molar-refractivity contribution is 5.96. The quantitative estimate of drug-likeness (QED) is 0.124. The van der Waals surface area contributed by atoms with E-state index in [2.05, 4.69) is 5.32 Å². The summed E-state index contributed by atoms with van der Waals surface area (Å²) < 4.78 is 41.4. The molecule has 4 aliphatic rings. The fourth-order valence-electron chi connectivity index (χ4n) is 10.5. The number of hydrogen-bond acceptors (Lipinski definition) is 16. The standard InChI is InChI=1S/C50H55NO16/c1-8-61-46(59)65-39(37(30-18-12-9-13-19-30)51-43(56)31-20-14-10-15-21-31)45(58)64-33-25-50(60)42(66-44(57)32-22-16-11-17-23-32)40-48(7,34(54)24-35-49(40,26-62-35)67-29(4)53)41(55)38(63-28(3)52)36(27(33)2)47(50,5)6/h9-23,33-35,37-40,42,54,60H,8,24-26H2,1-7H3,(H,51,56)/t33-,34-,35+,37-,38+,39+,40?,42-,48+,49-,50+/m0/s1. The summed E-state index contributed by atoms with van der Waals surface area (Å²) in [5.41, 5.74) is -7.41. The molecule has 0 radical (unpaired) electrons. The Bertz CT molecular complexity index is 2440. The average molecular weight is 926 g/mol. The number of aliphatic hydroxyl groups is 2. The highest BCUT2D eigenvalue weighted by Crippen LogP contribution is 2.64. The van der Waals surface area contributed by atoms with Gasteiger partial charge in [-0.3, -0.25) is 19.2 Å². The molecule has 67 heavy (non-hydrogen) atoms. The minimum absolute atomic E-state index is 0.0414. The number of carbonyl (C=O) groups excluding carboxylic acids is 7. The Hall–Kier alpha value is -6.43. The van der Waals surface area contributed by atoms with E-state index in [0.717, 1.165) is 13.8 Å². The summed E-state index contributed by atoms with van der Waals surface area (Å²) in [7, 11) is 0. The molecule has 1 heterocycles. The first-order valence-electron chi connectivity index (χ1n) is 22.1. The number of Topliss-reactive ketones (excluding diaryl/α,β-unsaturated/α-hetero) is 1. The van der Waals surface area contributed by atoms with E-state index in [9.17, 15) is 39.0 Å². The van der Waals surface area contributed by atoms with Crippen LogP contribution >= 0.6 is 0 Å². The van der Waals surface area contributed by atoms with Crippen LogP contribution in [0.25, 0.3) is 0 Å². The van der Waals surface area contributed by atoms with Crippen LogP contribution < -0.4 is 5.32 Å². The molecule has 7 rings (SSSR count). The predicted molar refractivity (Wildman–Crippen MR) is 234 cm³/mol. The minimum Gasteiger partial charge on any atom is -0.455 e. The SMILES string of the molecule is CCOC(=O)O[C@@H](C(=O)O[C@H]1C[C@@]2(O)[C@@H](OC(=O)c3ccccc3)C3[C@](C)(C(=O)[C@H](OC(C)=O)C(=C1C)C2(C)C)[C@@H](O)C[C@H]1OC[C@@]31OC(C)=O)[C@@H](NC(=O)c1ccccc1)c1ccccc1. The maximum Gasteiger partial charge on any atom is 0.509 e. The molecule has 3 N–H and O–H groups in total. The molecular formula is C50H55NO16. The van der Waals surface area contributed by atoms with Crippen molar-refractivity contribution < 1.29 is 76.9 Å². The Morgan fingerprint density at radius 2 is 1.43 bits per heavy atom. The third kappa shape index (κ3) is 8.59. The molecule has 17 nitrogen and oxygen atoms in total. The van der Waals surface area contributed by atoms with Crippen molar-refractivity contribution in [3.8, 4) is 0 Å². The van der Waals surface area contributed by atoms with Crippen LogP contribution in [0.4, 0.5) is 4.79 Å². The van der Waals surface area contributed by atoms with E-state index in [1.165, 1.54) is 32.9 Å². The van der Waals surface area contributed by atoms with Crippen molar-refractivity contribution in [3.05, 3.63) is 119 Å². The highest BCUT2D eigenvalue weighted by atomic mass is 16.7. The third-order valence-corrected chi connectivity index (χ3v) is 13.9. The molecular weight excluding hydrogens is 871 g/mol. The molecule has 1 unspecified atom stereocenters. The van der Waals surface area contributed by atoms with Crippen LogP contribution in [0.15, 0.2) is 102 Å². The van der Waals surface area contributed by atoms with Crippen LogP contribution in [0.1, 0.15) is 93.6 Å². The molecule has 1 amide bonds. The van der Waals surface area contributed by atoms with Gasteiger partial charge in [0.15, 0.2) is 17.5 Å². The molecule has 3 fully saturated rings. The Balaban J connectivity index is 1.42. The van der Waals surface area contributed by atoms with Gasteiger partial charge >= 0.3 is 30.0 Å². The zero-order valence-electron chi connectivity index (χ0n) is 38.2. The lowest BCUT2D eigenvalue weighted by molar-refractivity contribution is -0.346. The largest absolute Gasteiger partial charge is 0.509 e. The predicted octanol–water partition coefficient (Wildman–Crippen LogP) is 4.92. The monoisotopic (exact) mass is 925 g/mol. The van der Waals surface area contributed by atoms with Crippen molar-refractivity contribution in [2.45, 2.75) is 115 Å². The second-order valence-electron chi connectivity index (χ2n) is 18.1. The summed E-state index contributed by atoms with van der Waals surface area (Å²) in [4.78, 5) is 98.1. The maximum absolute atomic E-state index is 15.6. The Kier molecular flexibility index (Phi) is 13.5. The molecule has 3 aromatic carbocycles. The van der Waals surface area contributed by atoms with Crippen LogP contribution in [0.2, 0.25) is 0 Å². The normalized spacial score (nSPS) is 30.2. The van der Waals surface area contributed by atoms with Crippen LogP contribution in [-0.4, -0.2) is 113 Å². The van der Waals surface area contributed by atoms with Gasteiger partial charge in [0.05, 0.1) is 36.2 Å². The number of ketones is 1. The molecule has 0 aromatic heterocycles. The van der Waals surface area contributed by atoms with Crippen LogP contribution in [-0.2, 0) is 52.3 Å². The molecule has 1 saturated heterocycles. The van der Waals surface area contributed by atoms with Crippen LogP contribution in [0.3, 0.4) is 0 Å². The van der Waals surface area contributed by atoms with Gasteiger partial charge in [-0.15, -0.1) is 0 Å². The van der Waals surface area contributed by atoms with Crippen molar-refractivity contribution in [3.63, 3.8) is 0 Å². The molecule has 3 aromatic rings. The maximum atomic E-state index is 15.6. The Morgan fingerprint density at radius 3 is 1.99 bits per heavy atom. The first kappa shape index (κ1) is 48.5. The number of amides is 1. The summed E-state index contributed by atoms with van der Waals surface area (Å²) in [5.74, 6) is -7.04. The number of nitrogens with one attached hydrogen (secondary N) is 1. The topological polar surface area (TPSA) is 237 Å². The zero-order valence-corrected chi connectivity index (χ0v) is 38.2. The zero-order chi connectivity index (χ0) is 48.6. The van der Waals surface area contributed by atoms with E-state index in [-0.39, 0.29) is 41.9 Å². The molecule has 2 bridgehead atoms. The fourth-order valence-corrected chi connectivity index (χ4v) is 10.5. The lowest BCUT2D eigenvalue weighted by Gasteiger charge is -2.67. The fraction of sp³-hybridized carbons (Fsp3) is 0.460. The number of benzene rings is 3. The second-order valence-corrected chi connectivity index (χ2v) is 18.1. The molecule has 356 valence electrons. The highest BCUT2D eigenvalue weighted by Gasteiger charge is 2.78. The smallest absolute Gasteiger partial charge is 0.455 e. The van der Waals surface area contributed by atoms with E-state index < -0.39 is 119 Å². The van der Waals surface area contributed by atoms with Gasteiger partial charge in [-0.2, -0.15) is 0 Å². The molecule has 2 saturated carbocycles. The molecule has 0 spiro atoms. The van der Waals surface area contributed by atoms with Crippen LogP contribution in [0.5, 0.6) is 0 Å². The van der Waals surface area contributed by atoms with Gasteiger partial charge in [-0.25, -0.2) is 14.4 Å². The first-order valence-corrected chi connectivity index (χ1v) is 22.1. The van der Waals surface area contributed by atoms with Gasteiger partial charge in [0.1, 0.15) is 30.0 Å².